The van der Waals surface area contributed by atoms with Gasteiger partial charge in [0.2, 0.25) is 5.91 Å². The van der Waals surface area contributed by atoms with Gasteiger partial charge in [0.25, 0.3) is 0 Å². The lowest BCUT2D eigenvalue weighted by Gasteiger charge is -2.12. The molecule has 0 aromatic rings. The van der Waals surface area contributed by atoms with Crippen LogP contribution in [0.25, 0.3) is 0 Å². The van der Waals surface area contributed by atoms with Crippen LogP contribution in [0, 0.1) is 11.8 Å². The van der Waals surface area contributed by atoms with Gasteiger partial charge in [-0.2, -0.15) is 0 Å². The highest BCUT2D eigenvalue weighted by molar-refractivity contribution is 5.78. The third-order valence-corrected chi connectivity index (χ3v) is 4.37. The standard InChI is InChI=1S/C20H41NO3/c1-5-7-8-11-18(3)12-9-14-23-16-17-24-15-13-21-20(22)19(4)10-6-2/h18-19H,5-17H2,1-4H3,(H,21,22). The molecule has 0 bridgehead atoms. The molecule has 4 heteroatoms. The van der Waals surface area contributed by atoms with Crippen LogP contribution in [0.3, 0.4) is 0 Å². The van der Waals surface area contributed by atoms with Crippen molar-refractivity contribution in [1.29, 1.82) is 0 Å². The molecule has 0 aliphatic rings. The van der Waals surface area contributed by atoms with Crippen LogP contribution in [0.2, 0.25) is 0 Å². The molecule has 4 nitrogen and oxygen atoms in total. The van der Waals surface area contributed by atoms with E-state index in [1.54, 1.807) is 0 Å². The van der Waals surface area contributed by atoms with Crippen molar-refractivity contribution in [2.75, 3.05) is 33.0 Å². The average molecular weight is 344 g/mol. The minimum Gasteiger partial charge on any atom is -0.379 e. The summed E-state index contributed by atoms with van der Waals surface area (Å²) in [5, 5.41) is 2.91. The summed E-state index contributed by atoms with van der Waals surface area (Å²) in [6.45, 7) is 11.9. The van der Waals surface area contributed by atoms with E-state index in [0.717, 1.165) is 31.8 Å². The predicted molar refractivity (Wildman–Crippen MR) is 101 cm³/mol. The van der Waals surface area contributed by atoms with E-state index >= 15 is 0 Å². The lowest BCUT2D eigenvalue weighted by atomic mass is 9.98. The molecule has 0 radical (unpaired) electrons. The topological polar surface area (TPSA) is 47.6 Å². The van der Waals surface area contributed by atoms with Crippen LogP contribution in [0.4, 0.5) is 0 Å². The molecule has 1 N–H and O–H groups in total. The van der Waals surface area contributed by atoms with Gasteiger partial charge in [0.05, 0.1) is 19.8 Å². The van der Waals surface area contributed by atoms with Crippen LogP contribution in [0.5, 0.6) is 0 Å². The van der Waals surface area contributed by atoms with Gasteiger partial charge >= 0.3 is 0 Å². The number of hydrogen-bond acceptors (Lipinski definition) is 3. The molecule has 0 aromatic heterocycles. The lowest BCUT2D eigenvalue weighted by Crippen LogP contribution is -2.32. The Morgan fingerprint density at radius 3 is 2.17 bits per heavy atom. The monoisotopic (exact) mass is 343 g/mol. The number of amides is 1. The van der Waals surface area contributed by atoms with Crippen molar-refractivity contribution in [3.8, 4) is 0 Å². The number of hydrogen-bond donors (Lipinski definition) is 1. The Labute approximate surface area is 150 Å². The molecular formula is C20H41NO3. The fourth-order valence-electron chi connectivity index (χ4n) is 2.73. The zero-order valence-electron chi connectivity index (χ0n) is 16.6. The maximum absolute atomic E-state index is 11.7. The van der Waals surface area contributed by atoms with Gasteiger partial charge in [0.15, 0.2) is 0 Å². The summed E-state index contributed by atoms with van der Waals surface area (Å²) in [5.41, 5.74) is 0. The van der Waals surface area contributed by atoms with Gasteiger partial charge in [-0.1, -0.05) is 59.8 Å². The fourth-order valence-corrected chi connectivity index (χ4v) is 2.73. The third-order valence-electron chi connectivity index (χ3n) is 4.37. The molecule has 0 saturated heterocycles. The van der Waals surface area contributed by atoms with Crippen molar-refractivity contribution in [2.45, 2.75) is 79.1 Å². The zero-order chi connectivity index (χ0) is 18.0. The second-order valence-corrected chi connectivity index (χ2v) is 6.95. The zero-order valence-corrected chi connectivity index (χ0v) is 16.6. The molecule has 0 saturated carbocycles. The second-order valence-electron chi connectivity index (χ2n) is 6.95. The highest BCUT2D eigenvalue weighted by atomic mass is 16.5. The number of rotatable bonds is 17. The van der Waals surface area contributed by atoms with Crippen molar-refractivity contribution in [3.63, 3.8) is 0 Å². The maximum Gasteiger partial charge on any atom is 0.222 e. The van der Waals surface area contributed by atoms with Crippen molar-refractivity contribution in [2.24, 2.45) is 11.8 Å². The molecule has 0 aromatic carbocycles. The van der Waals surface area contributed by atoms with E-state index in [1.165, 1.54) is 32.1 Å². The number of carbonyl (C=O) groups is 1. The van der Waals surface area contributed by atoms with E-state index < -0.39 is 0 Å². The van der Waals surface area contributed by atoms with Crippen molar-refractivity contribution in [3.05, 3.63) is 0 Å². The normalized spacial score (nSPS) is 13.7. The predicted octanol–water partition coefficient (Wildman–Crippen LogP) is 4.57. The first-order valence-corrected chi connectivity index (χ1v) is 10.0. The first-order valence-electron chi connectivity index (χ1n) is 10.0. The summed E-state index contributed by atoms with van der Waals surface area (Å²) >= 11 is 0. The summed E-state index contributed by atoms with van der Waals surface area (Å²) in [7, 11) is 0. The van der Waals surface area contributed by atoms with Crippen LogP contribution in [0.1, 0.15) is 79.1 Å². The molecule has 0 spiro atoms. The molecule has 2 atom stereocenters. The van der Waals surface area contributed by atoms with Gasteiger partial charge in [-0.05, 0) is 25.2 Å². The molecule has 0 rings (SSSR count). The summed E-state index contributed by atoms with van der Waals surface area (Å²) in [6, 6.07) is 0. The SMILES string of the molecule is CCCCCC(C)CCCOCCOCCNC(=O)C(C)CCC. The third kappa shape index (κ3) is 14.9. The van der Waals surface area contributed by atoms with Gasteiger partial charge < -0.3 is 14.8 Å². The first kappa shape index (κ1) is 23.4. The highest BCUT2D eigenvalue weighted by Gasteiger charge is 2.10. The smallest absolute Gasteiger partial charge is 0.222 e. The van der Waals surface area contributed by atoms with E-state index in [9.17, 15) is 4.79 Å². The molecule has 0 fully saturated rings. The van der Waals surface area contributed by atoms with Crippen molar-refractivity contribution >= 4 is 5.91 Å². The molecule has 1 amide bonds. The Bertz CT molecular complexity index is 284. The van der Waals surface area contributed by atoms with Crippen LogP contribution in [-0.2, 0) is 14.3 Å². The Morgan fingerprint density at radius 1 is 0.833 bits per heavy atom. The van der Waals surface area contributed by atoms with E-state index in [4.69, 9.17) is 9.47 Å². The Morgan fingerprint density at radius 2 is 1.50 bits per heavy atom. The van der Waals surface area contributed by atoms with Gasteiger partial charge in [0, 0.05) is 19.1 Å². The van der Waals surface area contributed by atoms with Crippen LogP contribution in [0.15, 0.2) is 0 Å². The average Bonchev–Trinajstić information content (AvgIpc) is 2.56. The van der Waals surface area contributed by atoms with Crippen molar-refractivity contribution in [1.82, 2.24) is 5.32 Å². The largest absolute Gasteiger partial charge is 0.379 e. The number of ether oxygens (including phenoxy) is 2. The summed E-state index contributed by atoms with van der Waals surface area (Å²) in [5.74, 6) is 1.04. The first-order chi connectivity index (χ1) is 11.6. The van der Waals surface area contributed by atoms with Gasteiger partial charge in [-0.25, -0.2) is 0 Å². The molecule has 24 heavy (non-hydrogen) atoms. The highest BCUT2D eigenvalue weighted by Crippen LogP contribution is 2.14. The van der Waals surface area contributed by atoms with E-state index in [-0.39, 0.29) is 11.8 Å². The van der Waals surface area contributed by atoms with E-state index in [1.807, 2.05) is 6.92 Å². The van der Waals surface area contributed by atoms with Gasteiger partial charge in [0.1, 0.15) is 0 Å². The van der Waals surface area contributed by atoms with Crippen molar-refractivity contribution < 1.29 is 14.3 Å². The van der Waals surface area contributed by atoms with Crippen LogP contribution in [-0.4, -0.2) is 38.9 Å². The summed E-state index contributed by atoms with van der Waals surface area (Å²) in [4.78, 5) is 11.7. The van der Waals surface area contributed by atoms with E-state index in [2.05, 4.69) is 26.1 Å². The maximum atomic E-state index is 11.7. The summed E-state index contributed by atoms with van der Waals surface area (Å²) in [6.07, 6.45) is 9.75. The molecular weight excluding hydrogens is 302 g/mol. The fraction of sp³-hybridized carbons (Fsp3) is 0.950. The van der Waals surface area contributed by atoms with Gasteiger partial charge in [-0.15, -0.1) is 0 Å². The summed E-state index contributed by atoms with van der Waals surface area (Å²) < 4.78 is 11.1. The molecule has 0 aliphatic heterocycles. The van der Waals surface area contributed by atoms with Crippen LogP contribution >= 0.6 is 0 Å². The minimum atomic E-state index is 0.0997. The second kappa shape index (κ2) is 17.2. The number of nitrogens with one attached hydrogen (secondary N) is 1. The Balaban J connectivity index is 3.27. The lowest BCUT2D eigenvalue weighted by molar-refractivity contribution is -0.124. The molecule has 144 valence electrons. The minimum absolute atomic E-state index is 0.0997. The number of unbranched alkanes of at least 4 members (excludes halogenated alkanes) is 2. The number of carbonyl (C=O) groups excluding carboxylic acids is 1. The Hall–Kier alpha value is -0.610. The molecule has 0 aliphatic carbocycles. The quantitative estimate of drug-likeness (QED) is 0.394. The van der Waals surface area contributed by atoms with Gasteiger partial charge in [-0.3, -0.25) is 4.79 Å². The van der Waals surface area contributed by atoms with E-state index in [0.29, 0.717) is 26.4 Å². The van der Waals surface area contributed by atoms with Crippen LogP contribution < -0.4 is 5.32 Å². The molecule has 0 heterocycles. The Kier molecular flexibility index (Phi) is 16.8. The molecule has 2 unspecified atom stereocenters.